The van der Waals surface area contributed by atoms with E-state index in [9.17, 15) is 14.0 Å². The molecule has 7 heteroatoms. The van der Waals surface area contributed by atoms with Gasteiger partial charge in [-0.05, 0) is 61.9 Å². The monoisotopic (exact) mass is 411 g/mol. The van der Waals surface area contributed by atoms with Gasteiger partial charge < -0.3 is 19.9 Å². The third kappa shape index (κ3) is 3.65. The molecule has 0 radical (unpaired) electrons. The van der Waals surface area contributed by atoms with Crippen LogP contribution in [-0.2, 0) is 9.59 Å². The number of halogens is 1. The molecule has 2 heterocycles. The Labute approximate surface area is 175 Å². The van der Waals surface area contributed by atoms with Crippen molar-refractivity contribution >= 4 is 17.5 Å². The molecule has 2 aliphatic rings. The quantitative estimate of drug-likeness (QED) is 0.768. The van der Waals surface area contributed by atoms with Gasteiger partial charge in [0, 0.05) is 18.8 Å². The number of anilines is 1. The molecule has 30 heavy (non-hydrogen) atoms. The highest BCUT2D eigenvalue weighted by Crippen LogP contribution is 2.45. The minimum atomic E-state index is -0.930. The first kappa shape index (κ1) is 20.3. The fourth-order valence-electron chi connectivity index (χ4n) is 4.39. The Hall–Kier alpha value is -2.93. The van der Waals surface area contributed by atoms with Crippen LogP contribution in [0.5, 0.6) is 5.75 Å². The minimum absolute atomic E-state index is 0.0428. The molecule has 4 rings (SSSR count). The molecule has 1 atom stereocenters. The normalized spacial score (nSPS) is 21.1. The Morgan fingerprint density at radius 2 is 1.73 bits per heavy atom. The highest BCUT2D eigenvalue weighted by atomic mass is 19.1. The molecule has 6 nitrogen and oxygen atoms in total. The Morgan fingerprint density at radius 3 is 2.30 bits per heavy atom. The van der Waals surface area contributed by atoms with Crippen LogP contribution in [0.3, 0.4) is 0 Å². The number of amides is 2. The van der Waals surface area contributed by atoms with Crippen molar-refractivity contribution < 1.29 is 18.7 Å². The summed E-state index contributed by atoms with van der Waals surface area (Å²) in [5.74, 6) is 0.165. The van der Waals surface area contributed by atoms with E-state index < -0.39 is 5.54 Å². The summed E-state index contributed by atoms with van der Waals surface area (Å²) in [5.41, 5.74) is 0.581. The van der Waals surface area contributed by atoms with Crippen LogP contribution in [-0.4, -0.2) is 54.4 Å². The van der Waals surface area contributed by atoms with Crippen LogP contribution in [0.1, 0.15) is 30.9 Å². The van der Waals surface area contributed by atoms with Gasteiger partial charge >= 0.3 is 0 Å². The summed E-state index contributed by atoms with van der Waals surface area (Å²) in [7, 11) is 3.60. The summed E-state index contributed by atoms with van der Waals surface area (Å²) < 4.78 is 18.6. The van der Waals surface area contributed by atoms with Crippen molar-refractivity contribution in [2.45, 2.75) is 30.8 Å². The second kappa shape index (κ2) is 8.07. The number of methoxy groups -OCH3 is 1. The standard InChI is InChI=1S/C23H26FN3O3/c1-26-13-11-23(12-14-26,22(29)25-18-7-9-19(30-2)10-8-18)27-20(15-21(27)28)16-3-5-17(24)6-4-16/h3-10,20H,11-15H2,1-2H3,(H,25,29). The molecule has 2 fully saturated rings. The zero-order valence-electron chi connectivity index (χ0n) is 17.2. The number of nitrogens with zero attached hydrogens (tertiary/aromatic N) is 2. The first-order valence-corrected chi connectivity index (χ1v) is 10.1. The van der Waals surface area contributed by atoms with Gasteiger partial charge in [0.2, 0.25) is 11.8 Å². The van der Waals surface area contributed by atoms with Crippen molar-refractivity contribution in [1.29, 1.82) is 0 Å². The van der Waals surface area contributed by atoms with Crippen LogP contribution in [0.2, 0.25) is 0 Å². The molecule has 0 spiro atoms. The van der Waals surface area contributed by atoms with Gasteiger partial charge in [-0.1, -0.05) is 12.1 Å². The second-order valence-electron chi connectivity index (χ2n) is 8.05. The summed E-state index contributed by atoms with van der Waals surface area (Å²) in [4.78, 5) is 30.2. The van der Waals surface area contributed by atoms with E-state index in [2.05, 4.69) is 10.2 Å². The fourth-order valence-corrected chi connectivity index (χ4v) is 4.39. The minimum Gasteiger partial charge on any atom is -0.497 e. The van der Waals surface area contributed by atoms with Crippen LogP contribution in [0, 0.1) is 5.82 Å². The highest BCUT2D eigenvalue weighted by molar-refractivity contribution is 6.02. The van der Waals surface area contributed by atoms with Crippen molar-refractivity contribution in [2.75, 3.05) is 32.6 Å². The number of hydrogen-bond donors (Lipinski definition) is 1. The number of carbonyl (C=O) groups excluding carboxylic acids is 2. The molecule has 0 aromatic heterocycles. The largest absolute Gasteiger partial charge is 0.497 e. The maximum absolute atomic E-state index is 13.5. The van der Waals surface area contributed by atoms with Crippen molar-refractivity contribution in [3.8, 4) is 5.75 Å². The molecular weight excluding hydrogens is 385 g/mol. The van der Waals surface area contributed by atoms with E-state index in [0.717, 1.165) is 18.7 Å². The van der Waals surface area contributed by atoms with Crippen LogP contribution >= 0.6 is 0 Å². The molecule has 2 aromatic rings. The first-order valence-electron chi connectivity index (χ1n) is 10.1. The van der Waals surface area contributed by atoms with Crippen molar-refractivity contribution in [3.05, 3.63) is 59.9 Å². The molecule has 0 saturated carbocycles. The third-order valence-electron chi connectivity index (χ3n) is 6.25. The van der Waals surface area contributed by atoms with Crippen molar-refractivity contribution in [3.63, 3.8) is 0 Å². The smallest absolute Gasteiger partial charge is 0.250 e. The average Bonchev–Trinajstić information content (AvgIpc) is 2.75. The summed E-state index contributed by atoms with van der Waals surface area (Å²) in [5, 5.41) is 3.00. The van der Waals surface area contributed by atoms with Gasteiger partial charge in [0.05, 0.1) is 19.6 Å². The predicted octanol–water partition coefficient (Wildman–Crippen LogP) is 3.21. The van der Waals surface area contributed by atoms with Gasteiger partial charge in [0.25, 0.3) is 0 Å². The lowest BCUT2D eigenvalue weighted by Crippen LogP contribution is -2.68. The molecule has 1 N–H and O–H groups in total. The van der Waals surface area contributed by atoms with Crippen LogP contribution < -0.4 is 10.1 Å². The summed E-state index contributed by atoms with van der Waals surface area (Å²) in [6.07, 6.45) is 1.43. The molecule has 158 valence electrons. The number of benzene rings is 2. The van der Waals surface area contributed by atoms with Gasteiger partial charge in [-0.3, -0.25) is 9.59 Å². The highest BCUT2D eigenvalue weighted by Gasteiger charge is 2.55. The van der Waals surface area contributed by atoms with Crippen LogP contribution in [0.15, 0.2) is 48.5 Å². The van der Waals surface area contributed by atoms with Crippen molar-refractivity contribution in [2.24, 2.45) is 0 Å². The molecule has 2 aliphatic heterocycles. The van der Waals surface area contributed by atoms with E-state index in [1.165, 1.54) is 12.1 Å². The molecule has 1 unspecified atom stereocenters. The Kier molecular flexibility index (Phi) is 5.47. The zero-order chi connectivity index (χ0) is 21.3. The second-order valence-corrected chi connectivity index (χ2v) is 8.05. The Balaban J connectivity index is 1.63. The molecular formula is C23H26FN3O3. The topological polar surface area (TPSA) is 61.9 Å². The SMILES string of the molecule is COc1ccc(NC(=O)C2(N3C(=O)CC3c3ccc(F)cc3)CCN(C)CC2)cc1. The van der Waals surface area contributed by atoms with E-state index in [1.807, 2.05) is 7.05 Å². The number of piperidine rings is 1. The van der Waals surface area contributed by atoms with Crippen molar-refractivity contribution in [1.82, 2.24) is 9.80 Å². The average molecular weight is 411 g/mol. The van der Waals surface area contributed by atoms with Gasteiger partial charge in [-0.2, -0.15) is 0 Å². The first-order chi connectivity index (χ1) is 14.4. The summed E-state index contributed by atoms with van der Waals surface area (Å²) in [6, 6.07) is 13.1. The maximum atomic E-state index is 13.5. The molecule has 2 amide bonds. The molecule has 2 saturated heterocycles. The maximum Gasteiger partial charge on any atom is 0.250 e. The number of carbonyl (C=O) groups is 2. The van der Waals surface area contributed by atoms with Gasteiger partial charge in [-0.25, -0.2) is 4.39 Å². The summed E-state index contributed by atoms with van der Waals surface area (Å²) >= 11 is 0. The van der Waals surface area contributed by atoms with E-state index in [4.69, 9.17) is 4.74 Å². The third-order valence-corrected chi connectivity index (χ3v) is 6.25. The summed E-state index contributed by atoms with van der Waals surface area (Å²) in [6.45, 7) is 1.44. The lowest BCUT2D eigenvalue weighted by atomic mass is 9.78. The van der Waals surface area contributed by atoms with E-state index >= 15 is 0 Å². The van der Waals surface area contributed by atoms with Crippen LogP contribution in [0.25, 0.3) is 0 Å². The van der Waals surface area contributed by atoms with E-state index in [-0.39, 0.29) is 23.7 Å². The lowest BCUT2D eigenvalue weighted by Gasteiger charge is -2.54. The van der Waals surface area contributed by atoms with Gasteiger partial charge in [-0.15, -0.1) is 0 Å². The number of ether oxygens (including phenoxy) is 1. The fraction of sp³-hybridized carbons (Fsp3) is 0.391. The molecule has 0 aliphatic carbocycles. The number of nitrogens with one attached hydrogen (secondary N) is 1. The van der Waals surface area contributed by atoms with Gasteiger partial charge in [0.1, 0.15) is 17.1 Å². The number of hydrogen-bond acceptors (Lipinski definition) is 4. The van der Waals surface area contributed by atoms with E-state index in [1.54, 1.807) is 48.4 Å². The molecule has 0 bridgehead atoms. The Bertz CT molecular complexity index is 922. The predicted molar refractivity (Wildman–Crippen MR) is 112 cm³/mol. The van der Waals surface area contributed by atoms with E-state index in [0.29, 0.717) is 30.7 Å². The van der Waals surface area contributed by atoms with Gasteiger partial charge in [0.15, 0.2) is 0 Å². The van der Waals surface area contributed by atoms with Crippen LogP contribution in [0.4, 0.5) is 10.1 Å². The Morgan fingerprint density at radius 1 is 1.10 bits per heavy atom. The number of rotatable bonds is 5. The lowest BCUT2D eigenvalue weighted by molar-refractivity contribution is -0.167. The molecule has 2 aromatic carbocycles. The zero-order valence-corrected chi connectivity index (χ0v) is 17.2. The number of likely N-dealkylation sites (tertiary alicyclic amines) is 2. The number of β-lactam (4-membered cyclic amide) rings is 1.